The summed E-state index contributed by atoms with van der Waals surface area (Å²) in [7, 11) is 0. The van der Waals surface area contributed by atoms with Gasteiger partial charge >= 0.3 is 0 Å². The standard InChI is InChI=1S/C27H23N3O2/c28-15-16-10-11-22-18(13-16)14-23-21(9-4-12-30(22)23)25-24(26(31)29-27(25)32)20-8-3-6-17-5-1-2-7-19(17)20/h1-9,12,14,16H,10-11,13,15,28H2,(H,29,31,32). The Morgan fingerprint density at radius 2 is 1.69 bits per heavy atom. The molecule has 0 bridgehead atoms. The van der Waals surface area contributed by atoms with Crippen molar-refractivity contribution in [2.24, 2.45) is 11.7 Å². The van der Waals surface area contributed by atoms with Crippen LogP contribution in [0.2, 0.25) is 0 Å². The summed E-state index contributed by atoms with van der Waals surface area (Å²) in [5.74, 6) is -0.196. The molecule has 2 aliphatic rings. The average molecular weight is 422 g/mol. The molecule has 2 aromatic heterocycles. The molecule has 0 saturated heterocycles. The number of pyridine rings is 1. The van der Waals surface area contributed by atoms with Crippen LogP contribution in [-0.2, 0) is 22.4 Å². The minimum absolute atomic E-state index is 0.343. The Labute approximate surface area is 185 Å². The molecule has 0 saturated carbocycles. The molecule has 3 heterocycles. The van der Waals surface area contributed by atoms with E-state index in [-0.39, 0.29) is 11.8 Å². The predicted octanol–water partition coefficient (Wildman–Crippen LogP) is 3.72. The van der Waals surface area contributed by atoms with Gasteiger partial charge < -0.3 is 10.1 Å². The molecule has 2 amide bonds. The average Bonchev–Trinajstić information content (AvgIpc) is 3.34. The van der Waals surface area contributed by atoms with E-state index in [1.54, 1.807) is 0 Å². The summed E-state index contributed by atoms with van der Waals surface area (Å²) in [6, 6.07) is 19.9. The number of aromatic nitrogens is 1. The second kappa shape index (κ2) is 7.18. The number of hydrogen-bond donors (Lipinski definition) is 2. The molecule has 3 N–H and O–H groups in total. The number of carbonyl (C=O) groups is 2. The van der Waals surface area contributed by atoms with Gasteiger partial charge in [-0.15, -0.1) is 0 Å². The quantitative estimate of drug-likeness (QED) is 0.495. The molecule has 1 unspecified atom stereocenters. The van der Waals surface area contributed by atoms with Crippen LogP contribution in [-0.4, -0.2) is 22.8 Å². The summed E-state index contributed by atoms with van der Waals surface area (Å²) in [6.07, 6.45) is 5.04. The van der Waals surface area contributed by atoms with Crippen LogP contribution in [0.15, 0.2) is 66.9 Å². The Hall–Kier alpha value is -3.70. The van der Waals surface area contributed by atoms with Crippen molar-refractivity contribution in [3.63, 3.8) is 0 Å². The number of imide groups is 1. The zero-order valence-corrected chi connectivity index (χ0v) is 17.6. The van der Waals surface area contributed by atoms with E-state index in [2.05, 4.69) is 15.8 Å². The van der Waals surface area contributed by atoms with Gasteiger partial charge in [0.15, 0.2) is 0 Å². The van der Waals surface area contributed by atoms with Crippen molar-refractivity contribution in [3.8, 4) is 0 Å². The third kappa shape index (κ3) is 2.75. The lowest BCUT2D eigenvalue weighted by Crippen LogP contribution is -2.23. The van der Waals surface area contributed by atoms with Gasteiger partial charge in [-0.05, 0) is 65.8 Å². The molecule has 5 heteroatoms. The van der Waals surface area contributed by atoms with Crippen LogP contribution in [0.3, 0.4) is 0 Å². The molecule has 4 aromatic rings. The van der Waals surface area contributed by atoms with Gasteiger partial charge in [0.05, 0.1) is 16.7 Å². The van der Waals surface area contributed by atoms with Gasteiger partial charge in [0.2, 0.25) is 0 Å². The number of benzene rings is 2. The summed E-state index contributed by atoms with van der Waals surface area (Å²) in [4.78, 5) is 26.1. The van der Waals surface area contributed by atoms with Crippen molar-refractivity contribution in [1.29, 1.82) is 0 Å². The molecule has 158 valence electrons. The normalized spacial score (nSPS) is 18.5. The molecule has 0 radical (unpaired) electrons. The van der Waals surface area contributed by atoms with E-state index in [9.17, 15) is 9.59 Å². The molecule has 1 aliphatic carbocycles. The fourth-order valence-electron chi connectivity index (χ4n) is 5.34. The molecule has 1 atom stereocenters. The zero-order valence-electron chi connectivity index (χ0n) is 17.6. The SMILES string of the molecule is NCC1CCc2c(cc3c(C4=C(c5cccc6ccccc56)C(=O)NC4=O)cccn23)C1. The summed E-state index contributed by atoms with van der Waals surface area (Å²) < 4.78 is 2.18. The Balaban J connectivity index is 1.62. The van der Waals surface area contributed by atoms with Gasteiger partial charge in [0, 0.05) is 17.5 Å². The maximum atomic E-state index is 13.1. The molecule has 1 aliphatic heterocycles. The smallest absolute Gasteiger partial charge is 0.259 e. The highest BCUT2D eigenvalue weighted by atomic mass is 16.2. The lowest BCUT2D eigenvalue weighted by molar-refractivity contribution is -0.122. The highest BCUT2D eigenvalue weighted by Crippen LogP contribution is 2.38. The number of amides is 2. The van der Waals surface area contributed by atoms with Gasteiger partial charge in [-0.1, -0.05) is 48.5 Å². The second-order valence-corrected chi connectivity index (χ2v) is 8.70. The van der Waals surface area contributed by atoms with E-state index in [0.29, 0.717) is 23.6 Å². The van der Waals surface area contributed by atoms with Crippen molar-refractivity contribution < 1.29 is 9.59 Å². The van der Waals surface area contributed by atoms with E-state index in [1.165, 1.54) is 11.3 Å². The third-order valence-corrected chi connectivity index (χ3v) is 6.90. The first-order valence-electron chi connectivity index (χ1n) is 11.1. The monoisotopic (exact) mass is 421 g/mol. The van der Waals surface area contributed by atoms with E-state index < -0.39 is 0 Å². The molecule has 6 rings (SSSR count). The first kappa shape index (κ1) is 19.0. The molecular weight excluding hydrogens is 398 g/mol. The first-order valence-corrected chi connectivity index (χ1v) is 11.1. The minimum Gasteiger partial charge on any atom is -0.330 e. The van der Waals surface area contributed by atoms with Crippen LogP contribution >= 0.6 is 0 Å². The van der Waals surface area contributed by atoms with Crippen LogP contribution in [0.1, 0.15) is 28.8 Å². The number of aryl methyl sites for hydroxylation is 1. The molecule has 2 aromatic carbocycles. The van der Waals surface area contributed by atoms with Crippen molar-refractivity contribution in [3.05, 3.63) is 89.2 Å². The van der Waals surface area contributed by atoms with Crippen LogP contribution in [0.25, 0.3) is 27.4 Å². The fraction of sp³-hybridized carbons (Fsp3) is 0.185. The molecule has 5 nitrogen and oxygen atoms in total. The van der Waals surface area contributed by atoms with E-state index in [1.807, 2.05) is 60.8 Å². The zero-order chi connectivity index (χ0) is 21.8. The van der Waals surface area contributed by atoms with E-state index in [4.69, 9.17) is 5.73 Å². The lowest BCUT2D eigenvalue weighted by Gasteiger charge is -2.21. The highest BCUT2D eigenvalue weighted by molar-refractivity contribution is 6.50. The van der Waals surface area contributed by atoms with Crippen LogP contribution in [0.5, 0.6) is 0 Å². The lowest BCUT2D eigenvalue weighted by atomic mass is 9.88. The molecule has 0 spiro atoms. The number of nitrogens with zero attached hydrogens (tertiary/aromatic N) is 1. The highest BCUT2D eigenvalue weighted by Gasteiger charge is 2.34. The van der Waals surface area contributed by atoms with Crippen LogP contribution < -0.4 is 11.1 Å². The van der Waals surface area contributed by atoms with Crippen molar-refractivity contribution in [2.45, 2.75) is 19.3 Å². The Bertz CT molecular complexity index is 1460. The predicted molar refractivity (Wildman–Crippen MR) is 126 cm³/mol. The number of nitrogens with one attached hydrogen (secondary N) is 1. The van der Waals surface area contributed by atoms with Gasteiger partial charge in [-0.2, -0.15) is 0 Å². The number of carbonyl (C=O) groups excluding carboxylic acids is 2. The number of hydrogen-bond acceptors (Lipinski definition) is 3. The summed E-state index contributed by atoms with van der Waals surface area (Å²) in [6.45, 7) is 0.686. The Morgan fingerprint density at radius 1 is 0.938 bits per heavy atom. The second-order valence-electron chi connectivity index (χ2n) is 8.70. The molecule has 0 fully saturated rings. The first-order chi connectivity index (χ1) is 15.7. The Kier molecular flexibility index (Phi) is 4.26. The number of rotatable bonds is 3. The van der Waals surface area contributed by atoms with Crippen LogP contribution in [0.4, 0.5) is 0 Å². The number of fused-ring (bicyclic) bond motifs is 4. The largest absolute Gasteiger partial charge is 0.330 e. The third-order valence-electron chi connectivity index (χ3n) is 6.90. The molecular formula is C27H23N3O2. The van der Waals surface area contributed by atoms with Gasteiger partial charge in [-0.3, -0.25) is 14.9 Å². The maximum Gasteiger partial charge on any atom is 0.259 e. The minimum atomic E-state index is -0.345. The summed E-state index contributed by atoms with van der Waals surface area (Å²) in [5, 5.41) is 4.54. The fourth-order valence-corrected chi connectivity index (χ4v) is 5.34. The van der Waals surface area contributed by atoms with Crippen LogP contribution in [0, 0.1) is 5.92 Å². The topological polar surface area (TPSA) is 76.6 Å². The van der Waals surface area contributed by atoms with Crippen molar-refractivity contribution in [1.82, 2.24) is 9.72 Å². The molecule has 32 heavy (non-hydrogen) atoms. The van der Waals surface area contributed by atoms with E-state index >= 15 is 0 Å². The Morgan fingerprint density at radius 3 is 2.53 bits per heavy atom. The number of nitrogens with two attached hydrogens (primary N) is 1. The van der Waals surface area contributed by atoms with Gasteiger partial charge in [0.25, 0.3) is 11.8 Å². The summed E-state index contributed by atoms with van der Waals surface area (Å²) in [5.41, 5.74) is 11.9. The van der Waals surface area contributed by atoms with E-state index in [0.717, 1.165) is 46.7 Å². The van der Waals surface area contributed by atoms with Crippen molar-refractivity contribution >= 4 is 39.2 Å². The van der Waals surface area contributed by atoms with Crippen molar-refractivity contribution in [2.75, 3.05) is 6.54 Å². The summed E-state index contributed by atoms with van der Waals surface area (Å²) >= 11 is 0. The maximum absolute atomic E-state index is 13.1. The van der Waals surface area contributed by atoms with Gasteiger partial charge in [-0.25, -0.2) is 0 Å². The van der Waals surface area contributed by atoms with Gasteiger partial charge in [0.1, 0.15) is 0 Å².